The highest BCUT2D eigenvalue weighted by atomic mass is 16.5. The maximum atomic E-state index is 9.09. The third-order valence-corrected chi connectivity index (χ3v) is 3.86. The number of morpholine rings is 1. The van der Waals surface area contributed by atoms with Gasteiger partial charge in [-0.05, 0) is 12.5 Å². The number of aryl methyl sites for hydroxylation is 1. The third-order valence-electron chi connectivity index (χ3n) is 3.86. The maximum Gasteiger partial charge on any atom is 0.230 e. The van der Waals surface area contributed by atoms with Gasteiger partial charge in [0, 0.05) is 13.1 Å². The highest BCUT2D eigenvalue weighted by Crippen LogP contribution is 2.34. The second kappa shape index (κ2) is 7.46. The van der Waals surface area contributed by atoms with E-state index in [1.54, 1.807) is 0 Å². The zero-order valence-corrected chi connectivity index (χ0v) is 13.7. The Kier molecular flexibility index (Phi) is 5.12. The first-order valence-electron chi connectivity index (χ1n) is 8.00. The molecule has 0 saturated carbocycles. The normalized spacial score (nSPS) is 14.7. The lowest BCUT2D eigenvalue weighted by Crippen LogP contribution is -2.37. The fraction of sp³-hybridized carbons (Fsp3) is 0.412. The molecule has 0 aliphatic carbocycles. The summed E-state index contributed by atoms with van der Waals surface area (Å²) in [6.07, 6.45) is 0. The molecule has 0 atom stereocenters. The molecule has 1 fully saturated rings. The number of nitrogen functional groups attached to an aromatic ring is 1. The maximum absolute atomic E-state index is 9.09. The van der Waals surface area contributed by atoms with E-state index in [4.69, 9.17) is 20.3 Å². The monoisotopic (exact) mass is 330 g/mol. The van der Waals surface area contributed by atoms with Crippen molar-refractivity contribution >= 4 is 11.8 Å². The molecule has 2 aromatic rings. The first kappa shape index (κ1) is 16.5. The quantitative estimate of drug-likeness (QED) is 0.852. The Morgan fingerprint density at radius 1 is 1.21 bits per heavy atom. The number of aliphatic hydroxyl groups excluding tert-OH is 1. The molecule has 1 aromatic heterocycles. The van der Waals surface area contributed by atoms with Crippen LogP contribution in [0.5, 0.6) is 5.88 Å². The number of rotatable bonds is 5. The summed E-state index contributed by atoms with van der Waals surface area (Å²) in [7, 11) is 0. The Morgan fingerprint density at radius 3 is 2.58 bits per heavy atom. The number of benzene rings is 1. The summed E-state index contributed by atoms with van der Waals surface area (Å²) in [6, 6.07) is 7.93. The molecule has 1 aliphatic rings. The molecule has 24 heavy (non-hydrogen) atoms. The Balaban J connectivity index is 2.01. The minimum absolute atomic E-state index is 0.0931. The summed E-state index contributed by atoms with van der Waals surface area (Å²) in [5.74, 6) is 1.28. The van der Waals surface area contributed by atoms with Crippen molar-refractivity contribution in [1.29, 1.82) is 0 Å². The van der Waals surface area contributed by atoms with E-state index in [-0.39, 0.29) is 13.2 Å². The minimum Gasteiger partial charge on any atom is -0.475 e. The molecular weight excluding hydrogens is 308 g/mol. The van der Waals surface area contributed by atoms with Gasteiger partial charge in [-0.2, -0.15) is 9.97 Å². The molecule has 1 saturated heterocycles. The van der Waals surface area contributed by atoms with Gasteiger partial charge in [0.05, 0.1) is 25.4 Å². The van der Waals surface area contributed by atoms with Crippen LogP contribution in [0.3, 0.4) is 0 Å². The molecule has 7 heteroatoms. The van der Waals surface area contributed by atoms with Gasteiger partial charge in [-0.15, -0.1) is 0 Å². The number of hydrogen-bond donors (Lipinski definition) is 2. The number of ether oxygens (including phenoxy) is 2. The van der Waals surface area contributed by atoms with Crippen molar-refractivity contribution in [3.63, 3.8) is 0 Å². The predicted molar refractivity (Wildman–Crippen MR) is 92.2 cm³/mol. The summed E-state index contributed by atoms with van der Waals surface area (Å²) in [5.41, 5.74) is 8.91. The van der Waals surface area contributed by atoms with Gasteiger partial charge in [-0.25, -0.2) is 0 Å². The largest absolute Gasteiger partial charge is 0.475 e. The molecule has 0 unspecified atom stereocenters. The Hall–Kier alpha value is -2.38. The van der Waals surface area contributed by atoms with Crippen LogP contribution >= 0.6 is 0 Å². The van der Waals surface area contributed by atoms with E-state index in [2.05, 4.69) is 9.97 Å². The lowest BCUT2D eigenvalue weighted by Gasteiger charge is -2.27. The highest BCUT2D eigenvalue weighted by molar-refractivity contribution is 5.79. The van der Waals surface area contributed by atoms with Crippen LogP contribution in [0.1, 0.15) is 5.56 Å². The summed E-state index contributed by atoms with van der Waals surface area (Å²) in [5, 5.41) is 9.09. The van der Waals surface area contributed by atoms with Gasteiger partial charge in [0.2, 0.25) is 11.8 Å². The number of aliphatic hydroxyl groups is 1. The van der Waals surface area contributed by atoms with Crippen LogP contribution in [0.25, 0.3) is 11.1 Å². The smallest absolute Gasteiger partial charge is 0.230 e. The molecule has 1 aromatic carbocycles. The molecule has 3 rings (SSSR count). The molecule has 0 radical (unpaired) electrons. The summed E-state index contributed by atoms with van der Waals surface area (Å²) >= 11 is 0. The van der Waals surface area contributed by atoms with Crippen LogP contribution in [0.4, 0.5) is 11.8 Å². The highest BCUT2D eigenvalue weighted by Gasteiger charge is 2.20. The molecule has 7 nitrogen and oxygen atoms in total. The Bertz CT molecular complexity index is 685. The average molecular weight is 330 g/mol. The van der Waals surface area contributed by atoms with Crippen molar-refractivity contribution in [3.05, 3.63) is 29.8 Å². The minimum atomic E-state index is -0.0931. The molecule has 0 spiro atoms. The molecule has 128 valence electrons. The lowest BCUT2D eigenvalue weighted by molar-refractivity contribution is 0.122. The fourth-order valence-electron chi connectivity index (χ4n) is 2.59. The van der Waals surface area contributed by atoms with Crippen LogP contribution in [0.2, 0.25) is 0 Å². The van der Waals surface area contributed by atoms with Gasteiger partial charge in [0.25, 0.3) is 0 Å². The van der Waals surface area contributed by atoms with Gasteiger partial charge >= 0.3 is 0 Å². The Labute approximate surface area is 141 Å². The topological polar surface area (TPSA) is 93.7 Å². The van der Waals surface area contributed by atoms with E-state index in [9.17, 15) is 0 Å². The van der Waals surface area contributed by atoms with Crippen LogP contribution in [0, 0.1) is 6.92 Å². The summed E-state index contributed by atoms with van der Waals surface area (Å²) < 4.78 is 11.0. The van der Waals surface area contributed by atoms with Crippen molar-refractivity contribution < 1.29 is 14.6 Å². The third kappa shape index (κ3) is 3.58. The van der Waals surface area contributed by atoms with Crippen LogP contribution in [0.15, 0.2) is 24.3 Å². The first-order chi connectivity index (χ1) is 11.7. The molecule has 3 N–H and O–H groups in total. The van der Waals surface area contributed by atoms with E-state index >= 15 is 0 Å². The SMILES string of the molecule is Cc1ccc(-c2c(N)nc(N3CCOCC3)nc2OCCO)cc1. The zero-order valence-electron chi connectivity index (χ0n) is 13.7. The molecular formula is C17H22N4O3. The summed E-state index contributed by atoms with van der Waals surface area (Å²) in [6.45, 7) is 4.77. The second-order valence-electron chi connectivity index (χ2n) is 5.63. The number of anilines is 2. The van der Waals surface area contributed by atoms with Gasteiger partial charge in [0.15, 0.2) is 0 Å². The van der Waals surface area contributed by atoms with E-state index in [0.717, 1.165) is 11.1 Å². The van der Waals surface area contributed by atoms with Crippen LogP contribution < -0.4 is 15.4 Å². The molecule has 0 bridgehead atoms. The molecule has 0 amide bonds. The van der Waals surface area contributed by atoms with Crippen molar-refractivity contribution in [3.8, 4) is 17.0 Å². The van der Waals surface area contributed by atoms with Gasteiger partial charge in [0.1, 0.15) is 12.4 Å². The van der Waals surface area contributed by atoms with Crippen LogP contribution in [-0.2, 0) is 4.74 Å². The zero-order chi connectivity index (χ0) is 16.9. The van der Waals surface area contributed by atoms with E-state index in [1.165, 1.54) is 0 Å². The predicted octanol–water partition coefficient (Wildman–Crippen LogP) is 1.24. The fourth-order valence-corrected chi connectivity index (χ4v) is 2.59. The van der Waals surface area contributed by atoms with E-state index in [1.807, 2.05) is 36.1 Å². The Morgan fingerprint density at radius 2 is 1.92 bits per heavy atom. The number of aromatic nitrogens is 2. The van der Waals surface area contributed by atoms with Gasteiger partial charge in [-0.3, -0.25) is 0 Å². The number of nitrogens with two attached hydrogens (primary N) is 1. The molecule has 1 aliphatic heterocycles. The van der Waals surface area contributed by atoms with Crippen LogP contribution in [-0.4, -0.2) is 54.6 Å². The number of nitrogens with zero attached hydrogens (tertiary/aromatic N) is 3. The second-order valence-corrected chi connectivity index (χ2v) is 5.63. The van der Waals surface area contributed by atoms with Crippen molar-refractivity contribution in [2.75, 3.05) is 50.2 Å². The van der Waals surface area contributed by atoms with E-state index < -0.39 is 0 Å². The standard InChI is InChI=1S/C17H22N4O3/c1-12-2-4-13(5-3-12)14-15(18)19-17(20-16(14)24-11-8-22)21-6-9-23-10-7-21/h2-5,22H,6-11H2,1H3,(H2,18,19,20). The molecule has 2 heterocycles. The number of hydrogen-bond acceptors (Lipinski definition) is 7. The van der Waals surface area contributed by atoms with Gasteiger partial charge in [-0.1, -0.05) is 29.8 Å². The van der Waals surface area contributed by atoms with E-state index in [0.29, 0.717) is 49.5 Å². The van der Waals surface area contributed by atoms with Crippen molar-refractivity contribution in [1.82, 2.24) is 9.97 Å². The lowest BCUT2D eigenvalue weighted by atomic mass is 10.1. The van der Waals surface area contributed by atoms with Gasteiger partial charge < -0.3 is 25.2 Å². The average Bonchev–Trinajstić information content (AvgIpc) is 2.61. The van der Waals surface area contributed by atoms with Crippen molar-refractivity contribution in [2.24, 2.45) is 0 Å². The first-order valence-corrected chi connectivity index (χ1v) is 8.00. The van der Waals surface area contributed by atoms with Crippen molar-refractivity contribution in [2.45, 2.75) is 6.92 Å². The summed E-state index contributed by atoms with van der Waals surface area (Å²) in [4.78, 5) is 11.0.